The van der Waals surface area contributed by atoms with E-state index in [4.69, 9.17) is 9.47 Å². The Morgan fingerprint density at radius 1 is 1.29 bits per heavy atom. The highest BCUT2D eigenvalue weighted by Gasteiger charge is 2.46. The molecular formula is C13H13BrO3. The summed E-state index contributed by atoms with van der Waals surface area (Å²) >= 11 is 3.44. The zero-order chi connectivity index (χ0) is 12.0. The van der Waals surface area contributed by atoms with E-state index in [0.717, 1.165) is 23.1 Å². The third kappa shape index (κ3) is 1.95. The number of ether oxygens (including phenoxy) is 2. The molecule has 0 bridgehead atoms. The maximum atomic E-state index is 11.4. The van der Waals surface area contributed by atoms with Gasteiger partial charge in [-0.1, -0.05) is 0 Å². The summed E-state index contributed by atoms with van der Waals surface area (Å²) in [5.74, 6) is 1.43. The van der Waals surface area contributed by atoms with Gasteiger partial charge >= 0.3 is 0 Å². The Kier molecular flexibility index (Phi) is 2.43. The van der Waals surface area contributed by atoms with Crippen LogP contribution in [0.2, 0.25) is 0 Å². The van der Waals surface area contributed by atoms with Crippen LogP contribution in [0.4, 0.5) is 0 Å². The van der Waals surface area contributed by atoms with Gasteiger partial charge in [0.1, 0.15) is 0 Å². The third-order valence-electron chi connectivity index (χ3n) is 3.43. The molecule has 1 aromatic carbocycles. The van der Waals surface area contributed by atoms with Gasteiger partial charge < -0.3 is 9.47 Å². The molecule has 17 heavy (non-hydrogen) atoms. The molecule has 90 valence electrons. The van der Waals surface area contributed by atoms with Gasteiger partial charge in [-0.25, -0.2) is 0 Å². The number of carbonyl (C=O) groups is 1. The van der Waals surface area contributed by atoms with Crippen LogP contribution in [0, 0.1) is 5.41 Å². The Hall–Kier alpha value is -1.03. The first-order chi connectivity index (χ1) is 8.10. The van der Waals surface area contributed by atoms with Crippen molar-refractivity contribution in [2.45, 2.75) is 19.8 Å². The molecule has 0 amide bonds. The molecule has 0 radical (unpaired) electrons. The number of hydrogen-bond donors (Lipinski definition) is 0. The standard InChI is InChI=1S/C13H13BrO3/c1-8(15)9-4-10(14)12-11(5-9)16-6-13(2-3-13)7-17-12/h4-5H,2-3,6-7H2,1H3. The van der Waals surface area contributed by atoms with E-state index in [1.165, 1.54) is 0 Å². The molecule has 2 aliphatic rings. The molecule has 1 aliphatic carbocycles. The fourth-order valence-corrected chi connectivity index (χ4v) is 2.54. The Labute approximate surface area is 108 Å². The van der Waals surface area contributed by atoms with Crippen LogP contribution in [0.3, 0.4) is 0 Å². The maximum Gasteiger partial charge on any atom is 0.175 e. The van der Waals surface area contributed by atoms with Crippen molar-refractivity contribution in [1.82, 2.24) is 0 Å². The molecule has 3 rings (SSSR count). The first kappa shape index (κ1) is 11.1. The van der Waals surface area contributed by atoms with Crippen LogP contribution in [-0.2, 0) is 0 Å². The zero-order valence-electron chi connectivity index (χ0n) is 9.59. The van der Waals surface area contributed by atoms with Crippen LogP contribution in [0.1, 0.15) is 30.1 Å². The van der Waals surface area contributed by atoms with Crippen molar-refractivity contribution in [3.05, 3.63) is 22.2 Å². The van der Waals surface area contributed by atoms with Crippen molar-refractivity contribution >= 4 is 21.7 Å². The van der Waals surface area contributed by atoms with E-state index in [2.05, 4.69) is 15.9 Å². The second kappa shape index (κ2) is 3.73. The second-order valence-electron chi connectivity index (χ2n) is 4.92. The predicted molar refractivity (Wildman–Crippen MR) is 66.8 cm³/mol. The van der Waals surface area contributed by atoms with Gasteiger partial charge in [-0.2, -0.15) is 0 Å². The molecule has 0 aromatic heterocycles. The molecular weight excluding hydrogens is 284 g/mol. The van der Waals surface area contributed by atoms with Crippen LogP contribution >= 0.6 is 15.9 Å². The highest BCUT2D eigenvalue weighted by molar-refractivity contribution is 9.10. The van der Waals surface area contributed by atoms with E-state index in [9.17, 15) is 4.79 Å². The summed E-state index contributed by atoms with van der Waals surface area (Å²) in [5.41, 5.74) is 0.862. The summed E-state index contributed by atoms with van der Waals surface area (Å²) in [5, 5.41) is 0. The number of halogens is 1. The minimum atomic E-state index is 0.0301. The number of ketones is 1. The number of rotatable bonds is 1. The molecule has 0 saturated heterocycles. The van der Waals surface area contributed by atoms with Crippen molar-refractivity contribution in [3.63, 3.8) is 0 Å². The second-order valence-corrected chi connectivity index (χ2v) is 5.77. The van der Waals surface area contributed by atoms with Gasteiger partial charge in [0.25, 0.3) is 0 Å². The number of Topliss-reactive ketones (excluding diaryl/α,β-unsaturated/α-hetero) is 1. The zero-order valence-corrected chi connectivity index (χ0v) is 11.2. The van der Waals surface area contributed by atoms with Gasteiger partial charge in [-0.15, -0.1) is 0 Å². The van der Waals surface area contributed by atoms with Crippen molar-refractivity contribution in [3.8, 4) is 11.5 Å². The number of benzene rings is 1. The molecule has 1 aromatic rings. The van der Waals surface area contributed by atoms with E-state index >= 15 is 0 Å². The smallest absolute Gasteiger partial charge is 0.175 e. The van der Waals surface area contributed by atoms with Crippen LogP contribution in [-0.4, -0.2) is 19.0 Å². The summed E-state index contributed by atoms with van der Waals surface area (Å²) < 4.78 is 12.4. The normalized spacial score (nSPS) is 19.9. The molecule has 1 spiro atoms. The quantitative estimate of drug-likeness (QED) is 0.747. The average molecular weight is 297 g/mol. The van der Waals surface area contributed by atoms with Crippen LogP contribution in [0.5, 0.6) is 11.5 Å². The Morgan fingerprint density at radius 3 is 2.65 bits per heavy atom. The Morgan fingerprint density at radius 2 is 2.00 bits per heavy atom. The lowest BCUT2D eigenvalue weighted by molar-refractivity contribution is 0.101. The topological polar surface area (TPSA) is 35.5 Å². The first-order valence-corrected chi connectivity index (χ1v) is 6.49. The molecule has 0 unspecified atom stereocenters. The summed E-state index contributed by atoms with van der Waals surface area (Å²) in [6.07, 6.45) is 2.33. The average Bonchev–Trinajstić information content (AvgIpc) is 3.07. The summed E-state index contributed by atoms with van der Waals surface area (Å²) in [6, 6.07) is 3.55. The first-order valence-electron chi connectivity index (χ1n) is 5.70. The van der Waals surface area contributed by atoms with Gasteiger partial charge in [0.2, 0.25) is 0 Å². The number of carbonyl (C=O) groups excluding carboxylic acids is 1. The van der Waals surface area contributed by atoms with E-state index in [0.29, 0.717) is 24.5 Å². The molecule has 0 atom stereocenters. The molecule has 3 nitrogen and oxygen atoms in total. The van der Waals surface area contributed by atoms with Crippen molar-refractivity contribution in [2.24, 2.45) is 5.41 Å². The summed E-state index contributed by atoms with van der Waals surface area (Å²) in [6.45, 7) is 2.94. The van der Waals surface area contributed by atoms with Crippen molar-refractivity contribution in [2.75, 3.05) is 13.2 Å². The maximum absolute atomic E-state index is 11.4. The Balaban J connectivity index is 2.00. The van der Waals surface area contributed by atoms with E-state index < -0.39 is 0 Å². The molecule has 1 fully saturated rings. The van der Waals surface area contributed by atoms with E-state index in [-0.39, 0.29) is 11.2 Å². The predicted octanol–water partition coefficient (Wildman–Crippen LogP) is 3.20. The Bertz CT molecular complexity index is 492. The van der Waals surface area contributed by atoms with Crippen LogP contribution in [0.25, 0.3) is 0 Å². The minimum Gasteiger partial charge on any atom is -0.489 e. The monoisotopic (exact) mass is 296 g/mol. The molecule has 1 aliphatic heterocycles. The van der Waals surface area contributed by atoms with Crippen molar-refractivity contribution in [1.29, 1.82) is 0 Å². The lowest BCUT2D eigenvalue weighted by Gasteiger charge is -2.10. The lowest BCUT2D eigenvalue weighted by Crippen LogP contribution is -2.17. The van der Waals surface area contributed by atoms with Crippen LogP contribution in [0.15, 0.2) is 16.6 Å². The van der Waals surface area contributed by atoms with Crippen LogP contribution < -0.4 is 9.47 Å². The highest BCUT2D eigenvalue weighted by Crippen LogP contribution is 2.50. The molecule has 4 heteroatoms. The molecule has 0 N–H and O–H groups in total. The number of hydrogen-bond acceptors (Lipinski definition) is 3. The SMILES string of the molecule is CC(=O)c1cc(Br)c2c(c1)OCC1(CC1)CO2. The van der Waals surface area contributed by atoms with Crippen molar-refractivity contribution < 1.29 is 14.3 Å². The van der Waals surface area contributed by atoms with Gasteiger partial charge in [-0.3, -0.25) is 4.79 Å². The third-order valence-corrected chi connectivity index (χ3v) is 4.02. The van der Waals surface area contributed by atoms with E-state index in [1.54, 1.807) is 19.1 Å². The summed E-state index contributed by atoms with van der Waals surface area (Å²) in [7, 11) is 0. The van der Waals surface area contributed by atoms with Gasteiger partial charge in [-0.05, 0) is 47.8 Å². The van der Waals surface area contributed by atoms with Gasteiger partial charge in [0.05, 0.1) is 17.7 Å². The molecule has 1 saturated carbocycles. The highest BCUT2D eigenvalue weighted by atomic mass is 79.9. The number of fused-ring (bicyclic) bond motifs is 1. The molecule has 1 heterocycles. The van der Waals surface area contributed by atoms with Gasteiger partial charge in [0.15, 0.2) is 17.3 Å². The fourth-order valence-electron chi connectivity index (χ4n) is 1.98. The lowest BCUT2D eigenvalue weighted by atomic mass is 10.1. The summed E-state index contributed by atoms with van der Waals surface area (Å²) in [4.78, 5) is 11.4. The van der Waals surface area contributed by atoms with Gasteiger partial charge in [0, 0.05) is 11.0 Å². The minimum absolute atomic E-state index is 0.0301. The fraction of sp³-hybridized carbons (Fsp3) is 0.462. The largest absolute Gasteiger partial charge is 0.489 e. The van der Waals surface area contributed by atoms with E-state index in [1.807, 2.05) is 0 Å².